The molecule has 1 aliphatic rings. The van der Waals surface area contributed by atoms with Gasteiger partial charge in [0.05, 0.1) is 7.11 Å². The van der Waals surface area contributed by atoms with E-state index in [4.69, 9.17) is 23.7 Å². The fraction of sp³-hybridized carbons (Fsp3) is 0.524. The Bertz CT molecular complexity index is 808. The Kier molecular flexibility index (Phi) is 9.00. The third-order valence-corrected chi connectivity index (χ3v) is 5.24. The van der Waals surface area contributed by atoms with Crippen LogP contribution < -0.4 is 0 Å². The first-order valence-electron chi connectivity index (χ1n) is 9.55. The monoisotopic (exact) mass is 500 g/mol. The maximum atomic E-state index is 12.4. The van der Waals surface area contributed by atoms with E-state index in [-0.39, 0.29) is 6.42 Å². The number of alkyl halides is 1. The van der Waals surface area contributed by atoms with Crippen molar-refractivity contribution in [3.05, 3.63) is 35.4 Å². The molecule has 31 heavy (non-hydrogen) atoms. The molecule has 5 atom stereocenters. The van der Waals surface area contributed by atoms with Gasteiger partial charge < -0.3 is 23.7 Å². The molecule has 0 N–H and O–H groups in total. The summed E-state index contributed by atoms with van der Waals surface area (Å²) in [6.07, 6.45) is -5.77. The third-order valence-electron chi connectivity index (χ3n) is 4.59. The van der Waals surface area contributed by atoms with E-state index in [0.717, 1.165) is 32.1 Å². The van der Waals surface area contributed by atoms with E-state index in [0.29, 0.717) is 5.33 Å². The van der Waals surface area contributed by atoms with Crippen LogP contribution in [0.25, 0.3) is 0 Å². The second-order valence-corrected chi connectivity index (χ2v) is 7.56. The van der Waals surface area contributed by atoms with Crippen LogP contribution >= 0.6 is 15.9 Å². The maximum absolute atomic E-state index is 12.4. The second kappa shape index (κ2) is 11.2. The molecule has 1 aliphatic heterocycles. The van der Waals surface area contributed by atoms with Crippen molar-refractivity contribution in [1.82, 2.24) is 0 Å². The number of halogens is 1. The van der Waals surface area contributed by atoms with Gasteiger partial charge in [-0.05, 0) is 11.1 Å². The average molecular weight is 501 g/mol. The molecule has 10 heteroatoms. The topological polar surface area (TPSA) is 114 Å². The quantitative estimate of drug-likeness (QED) is 0.314. The zero-order valence-corrected chi connectivity index (χ0v) is 19.2. The number of carbonyl (C=O) groups is 4. The van der Waals surface area contributed by atoms with E-state index in [9.17, 15) is 19.2 Å². The fourth-order valence-corrected chi connectivity index (χ4v) is 3.74. The van der Waals surface area contributed by atoms with Gasteiger partial charge in [0.15, 0.2) is 24.4 Å². The van der Waals surface area contributed by atoms with E-state index in [1.807, 2.05) is 24.3 Å². The van der Waals surface area contributed by atoms with Gasteiger partial charge in [0.1, 0.15) is 6.10 Å². The van der Waals surface area contributed by atoms with Gasteiger partial charge in [-0.25, -0.2) is 4.79 Å². The van der Waals surface area contributed by atoms with Crippen molar-refractivity contribution in [3.63, 3.8) is 0 Å². The summed E-state index contributed by atoms with van der Waals surface area (Å²) in [5, 5.41) is 0.687. The lowest BCUT2D eigenvalue weighted by Crippen LogP contribution is -2.63. The Morgan fingerprint density at radius 1 is 0.839 bits per heavy atom. The number of rotatable bonds is 7. The Morgan fingerprint density at radius 2 is 1.32 bits per heavy atom. The minimum atomic E-state index is -1.38. The zero-order valence-electron chi connectivity index (χ0n) is 17.7. The van der Waals surface area contributed by atoms with Crippen LogP contribution in [0.1, 0.15) is 31.9 Å². The molecule has 0 amide bonds. The second-order valence-electron chi connectivity index (χ2n) is 6.99. The summed E-state index contributed by atoms with van der Waals surface area (Å²) in [5.41, 5.74) is 1.90. The van der Waals surface area contributed by atoms with Crippen LogP contribution in [0.5, 0.6) is 0 Å². The van der Waals surface area contributed by atoms with Crippen molar-refractivity contribution in [1.29, 1.82) is 0 Å². The minimum absolute atomic E-state index is 0.235. The SMILES string of the molecule is COC(=O)[C@H]1OC(Cc2ccc(CBr)cc2)[C@H](OC(C)=O)[C@@H](OC(C)=O)[C@@H]1OC(C)=O. The lowest BCUT2D eigenvalue weighted by atomic mass is 9.90. The van der Waals surface area contributed by atoms with Crippen LogP contribution in [0, 0.1) is 0 Å². The van der Waals surface area contributed by atoms with Gasteiger partial charge >= 0.3 is 23.9 Å². The van der Waals surface area contributed by atoms with Crippen LogP contribution in [0.4, 0.5) is 0 Å². The fourth-order valence-electron chi connectivity index (χ4n) is 3.36. The predicted octanol–water partition coefficient (Wildman–Crippen LogP) is 1.86. The molecule has 0 bridgehead atoms. The van der Waals surface area contributed by atoms with Gasteiger partial charge in [-0.2, -0.15) is 0 Å². The van der Waals surface area contributed by atoms with Crippen molar-refractivity contribution >= 4 is 39.8 Å². The zero-order chi connectivity index (χ0) is 23.1. The molecule has 1 saturated heterocycles. The number of carbonyl (C=O) groups excluding carboxylic acids is 4. The average Bonchev–Trinajstić information content (AvgIpc) is 2.71. The first-order valence-corrected chi connectivity index (χ1v) is 10.7. The van der Waals surface area contributed by atoms with Crippen molar-refractivity contribution < 1.29 is 42.9 Å². The van der Waals surface area contributed by atoms with Gasteiger partial charge in [-0.15, -0.1) is 0 Å². The molecule has 0 saturated carbocycles. The third kappa shape index (κ3) is 6.76. The molecule has 1 aromatic carbocycles. The molecule has 170 valence electrons. The highest BCUT2D eigenvalue weighted by atomic mass is 79.9. The van der Waals surface area contributed by atoms with Crippen LogP contribution in [-0.4, -0.2) is 61.5 Å². The summed E-state index contributed by atoms with van der Waals surface area (Å²) in [6, 6.07) is 7.57. The molecule has 1 heterocycles. The van der Waals surface area contributed by atoms with E-state index >= 15 is 0 Å². The molecular formula is C21H25BrO9. The van der Waals surface area contributed by atoms with Crippen molar-refractivity contribution in [2.45, 2.75) is 63.0 Å². The van der Waals surface area contributed by atoms with E-state index in [2.05, 4.69) is 15.9 Å². The normalized spacial score (nSPS) is 25.3. The van der Waals surface area contributed by atoms with Crippen molar-refractivity contribution in [2.24, 2.45) is 0 Å². The lowest BCUT2D eigenvalue weighted by molar-refractivity contribution is -0.248. The highest BCUT2D eigenvalue weighted by Crippen LogP contribution is 2.31. The molecule has 0 radical (unpaired) electrons. The minimum Gasteiger partial charge on any atom is -0.467 e. The maximum Gasteiger partial charge on any atom is 0.339 e. The number of esters is 4. The number of hydrogen-bond donors (Lipinski definition) is 0. The first-order chi connectivity index (χ1) is 14.7. The lowest BCUT2D eigenvalue weighted by Gasteiger charge is -2.43. The number of benzene rings is 1. The highest BCUT2D eigenvalue weighted by Gasteiger charge is 2.54. The smallest absolute Gasteiger partial charge is 0.339 e. The van der Waals surface area contributed by atoms with Crippen molar-refractivity contribution in [2.75, 3.05) is 7.11 Å². The largest absolute Gasteiger partial charge is 0.467 e. The molecule has 1 aromatic rings. The summed E-state index contributed by atoms with van der Waals surface area (Å²) < 4.78 is 26.7. The Morgan fingerprint density at radius 3 is 1.81 bits per heavy atom. The van der Waals surface area contributed by atoms with E-state index in [1.54, 1.807) is 0 Å². The molecule has 2 rings (SSSR count). The number of hydrogen-bond acceptors (Lipinski definition) is 9. The van der Waals surface area contributed by atoms with Crippen LogP contribution in [0.2, 0.25) is 0 Å². The molecular weight excluding hydrogens is 476 g/mol. The summed E-state index contributed by atoms with van der Waals surface area (Å²) in [4.78, 5) is 47.7. The number of methoxy groups -OCH3 is 1. The van der Waals surface area contributed by atoms with E-state index < -0.39 is 54.4 Å². The van der Waals surface area contributed by atoms with Gasteiger partial charge in [0.25, 0.3) is 0 Å². The first kappa shape index (κ1) is 24.8. The Hall–Kier alpha value is -2.46. The summed E-state index contributed by atoms with van der Waals surface area (Å²) in [5.74, 6) is -2.90. The molecule has 0 aliphatic carbocycles. The predicted molar refractivity (Wildman–Crippen MR) is 110 cm³/mol. The van der Waals surface area contributed by atoms with Crippen LogP contribution in [-0.2, 0) is 54.6 Å². The number of ether oxygens (including phenoxy) is 5. The summed E-state index contributed by atoms with van der Waals surface area (Å²) in [6.45, 7) is 3.49. The molecule has 0 spiro atoms. The standard InChI is InChI=1S/C21H25BrO9/c1-11(23)28-17-16(9-14-5-7-15(10-22)8-6-14)31-20(21(26)27-4)19(30-13(3)25)18(17)29-12(2)24/h5-8,16-20H,9-10H2,1-4H3/t16?,17-,18+,19-,20-/m0/s1. The van der Waals surface area contributed by atoms with Gasteiger partial charge in [-0.1, -0.05) is 40.2 Å². The van der Waals surface area contributed by atoms with Crippen LogP contribution in [0.15, 0.2) is 24.3 Å². The molecule has 1 fully saturated rings. The van der Waals surface area contributed by atoms with E-state index in [1.165, 1.54) is 6.92 Å². The van der Waals surface area contributed by atoms with Gasteiger partial charge in [0.2, 0.25) is 0 Å². The molecule has 9 nitrogen and oxygen atoms in total. The van der Waals surface area contributed by atoms with Crippen molar-refractivity contribution in [3.8, 4) is 0 Å². The Labute approximate surface area is 188 Å². The highest BCUT2D eigenvalue weighted by molar-refractivity contribution is 9.08. The summed E-state index contributed by atoms with van der Waals surface area (Å²) in [7, 11) is 1.16. The van der Waals surface area contributed by atoms with Gasteiger partial charge in [0, 0.05) is 32.5 Å². The Balaban J connectivity index is 2.46. The molecule has 1 unspecified atom stereocenters. The van der Waals surface area contributed by atoms with Crippen LogP contribution in [0.3, 0.4) is 0 Å². The van der Waals surface area contributed by atoms with Gasteiger partial charge in [-0.3, -0.25) is 14.4 Å². The summed E-state index contributed by atoms with van der Waals surface area (Å²) >= 11 is 3.38. The molecule has 0 aromatic heterocycles.